The zero-order valence-corrected chi connectivity index (χ0v) is 14.0. The highest BCUT2D eigenvalue weighted by Gasteiger charge is 2.19. The fraction of sp³-hybridized carbons (Fsp3) is 0.250. The summed E-state index contributed by atoms with van der Waals surface area (Å²) in [5.41, 5.74) is 0.158. The molecular formula is C16H17FN2O4S. The second kappa shape index (κ2) is 6.96. The number of halogens is 1. The third-order valence-electron chi connectivity index (χ3n) is 3.77. The Hall–Kier alpha value is -2.48. The van der Waals surface area contributed by atoms with E-state index < -0.39 is 26.5 Å². The van der Waals surface area contributed by atoms with Crippen LogP contribution < -0.4 is 4.72 Å². The minimum absolute atomic E-state index is 0.0292. The van der Waals surface area contributed by atoms with Gasteiger partial charge in [0.2, 0.25) is 5.82 Å². The van der Waals surface area contributed by atoms with E-state index in [0.717, 1.165) is 30.2 Å². The average molecular weight is 352 g/mol. The first-order valence-corrected chi connectivity index (χ1v) is 8.79. The van der Waals surface area contributed by atoms with E-state index in [-0.39, 0.29) is 10.6 Å². The summed E-state index contributed by atoms with van der Waals surface area (Å²) in [4.78, 5) is 9.85. The molecule has 24 heavy (non-hydrogen) atoms. The first-order chi connectivity index (χ1) is 11.2. The summed E-state index contributed by atoms with van der Waals surface area (Å²) in [6.45, 7) is 4.08. The molecule has 2 aromatic rings. The summed E-state index contributed by atoms with van der Waals surface area (Å²) >= 11 is 0. The van der Waals surface area contributed by atoms with Gasteiger partial charge < -0.3 is 0 Å². The van der Waals surface area contributed by atoms with Crippen molar-refractivity contribution in [3.05, 3.63) is 64.0 Å². The molecule has 1 atom stereocenters. The van der Waals surface area contributed by atoms with Gasteiger partial charge in [-0.2, -0.15) is 4.39 Å². The molecular weight excluding hydrogens is 335 g/mol. The number of hydrogen-bond donors (Lipinski definition) is 1. The molecule has 0 amide bonds. The van der Waals surface area contributed by atoms with Crippen LogP contribution in [0.4, 0.5) is 15.8 Å². The Balaban J connectivity index is 2.28. The lowest BCUT2D eigenvalue weighted by molar-refractivity contribution is -0.387. The van der Waals surface area contributed by atoms with Gasteiger partial charge in [-0.1, -0.05) is 26.0 Å². The van der Waals surface area contributed by atoms with Crippen LogP contribution in [0.5, 0.6) is 0 Å². The summed E-state index contributed by atoms with van der Waals surface area (Å²) in [6.07, 6.45) is 0.934. The second-order valence-electron chi connectivity index (χ2n) is 5.41. The zero-order valence-electron chi connectivity index (χ0n) is 13.2. The van der Waals surface area contributed by atoms with Gasteiger partial charge >= 0.3 is 5.69 Å². The van der Waals surface area contributed by atoms with Gasteiger partial charge in [0, 0.05) is 6.07 Å². The number of nitro groups is 1. The van der Waals surface area contributed by atoms with Crippen LogP contribution in [-0.2, 0) is 10.0 Å². The summed E-state index contributed by atoms with van der Waals surface area (Å²) in [6, 6.07) is 9.24. The largest absolute Gasteiger partial charge is 0.306 e. The van der Waals surface area contributed by atoms with E-state index in [1.807, 2.05) is 13.8 Å². The molecule has 0 bridgehead atoms. The highest BCUT2D eigenvalue weighted by atomic mass is 32.2. The van der Waals surface area contributed by atoms with Gasteiger partial charge in [-0.05, 0) is 42.2 Å². The van der Waals surface area contributed by atoms with Gasteiger partial charge in [-0.3, -0.25) is 14.8 Å². The van der Waals surface area contributed by atoms with Crippen molar-refractivity contribution in [1.82, 2.24) is 0 Å². The normalized spacial score (nSPS) is 12.6. The first-order valence-electron chi connectivity index (χ1n) is 7.31. The van der Waals surface area contributed by atoms with Gasteiger partial charge in [-0.15, -0.1) is 0 Å². The fourth-order valence-electron chi connectivity index (χ4n) is 2.14. The SMILES string of the molecule is CC[C@@H](C)c1ccc(S(=O)(=O)Nc2ccc(F)c([N+](=O)[O-])c2)cc1. The van der Waals surface area contributed by atoms with Crippen molar-refractivity contribution >= 4 is 21.4 Å². The number of nitrogens with zero attached hydrogens (tertiary/aromatic N) is 1. The van der Waals surface area contributed by atoms with Gasteiger partial charge in [0.1, 0.15) is 0 Å². The molecule has 1 N–H and O–H groups in total. The van der Waals surface area contributed by atoms with Gasteiger partial charge in [-0.25, -0.2) is 8.42 Å². The molecule has 8 heteroatoms. The molecule has 2 rings (SSSR count). The zero-order chi connectivity index (χ0) is 17.9. The average Bonchev–Trinajstić information content (AvgIpc) is 2.55. The van der Waals surface area contributed by atoms with Crippen molar-refractivity contribution in [2.75, 3.05) is 4.72 Å². The molecule has 0 saturated heterocycles. The molecule has 0 aliphatic rings. The molecule has 0 radical (unpaired) electrons. The van der Waals surface area contributed by atoms with E-state index in [1.54, 1.807) is 12.1 Å². The Morgan fingerprint density at radius 1 is 1.21 bits per heavy atom. The van der Waals surface area contributed by atoms with Crippen LogP contribution in [0, 0.1) is 15.9 Å². The monoisotopic (exact) mass is 352 g/mol. The van der Waals surface area contributed by atoms with Crippen molar-refractivity contribution in [2.24, 2.45) is 0 Å². The molecule has 128 valence electrons. The summed E-state index contributed by atoms with van der Waals surface area (Å²) < 4.78 is 40.2. The number of benzene rings is 2. The number of nitrogens with one attached hydrogen (secondary N) is 1. The molecule has 0 fully saturated rings. The Bertz CT molecular complexity index is 851. The van der Waals surface area contributed by atoms with Crippen LogP contribution in [0.15, 0.2) is 47.4 Å². The molecule has 0 unspecified atom stereocenters. The fourth-order valence-corrected chi connectivity index (χ4v) is 3.19. The smallest absolute Gasteiger partial charge is 0.279 e. The van der Waals surface area contributed by atoms with E-state index in [4.69, 9.17) is 0 Å². The van der Waals surface area contributed by atoms with Crippen molar-refractivity contribution in [3.63, 3.8) is 0 Å². The Morgan fingerprint density at radius 3 is 2.38 bits per heavy atom. The minimum Gasteiger partial charge on any atom is -0.279 e. The van der Waals surface area contributed by atoms with E-state index >= 15 is 0 Å². The van der Waals surface area contributed by atoms with E-state index in [0.29, 0.717) is 5.92 Å². The highest BCUT2D eigenvalue weighted by Crippen LogP contribution is 2.25. The number of rotatable bonds is 6. The maximum atomic E-state index is 13.3. The van der Waals surface area contributed by atoms with Gasteiger partial charge in [0.05, 0.1) is 15.5 Å². The standard InChI is InChI=1S/C16H17FN2O4S/c1-3-11(2)12-4-7-14(8-5-12)24(22,23)18-13-6-9-15(17)16(10-13)19(20)21/h4-11,18H,3H2,1-2H3/t11-/m1/s1. The van der Waals surface area contributed by atoms with Crippen LogP contribution in [0.1, 0.15) is 31.7 Å². The highest BCUT2D eigenvalue weighted by molar-refractivity contribution is 7.92. The quantitative estimate of drug-likeness (QED) is 0.627. The molecule has 6 nitrogen and oxygen atoms in total. The summed E-state index contributed by atoms with van der Waals surface area (Å²) in [5.74, 6) is -0.713. The Kier molecular flexibility index (Phi) is 5.18. The maximum absolute atomic E-state index is 13.3. The lowest BCUT2D eigenvalue weighted by atomic mass is 9.99. The van der Waals surface area contributed by atoms with Gasteiger partial charge in [0.25, 0.3) is 10.0 Å². The predicted molar refractivity (Wildman–Crippen MR) is 89.0 cm³/mol. The topological polar surface area (TPSA) is 89.3 Å². The van der Waals surface area contributed by atoms with Crippen LogP contribution in [0.3, 0.4) is 0 Å². The van der Waals surface area contributed by atoms with Crippen molar-refractivity contribution < 1.29 is 17.7 Å². The van der Waals surface area contributed by atoms with Crippen LogP contribution in [0.25, 0.3) is 0 Å². The van der Waals surface area contributed by atoms with Crippen LogP contribution >= 0.6 is 0 Å². The van der Waals surface area contributed by atoms with E-state index in [2.05, 4.69) is 4.72 Å². The van der Waals surface area contributed by atoms with E-state index in [1.165, 1.54) is 12.1 Å². The molecule has 0 saturated carbocycles. The number of nitro benzene ring substituents is 1. The lowest BCUT2D eigenvalue weighted by Crippen LogP contribution is -2.13. The molecule has 0 aliphatic heterocycles. The summed E-state index contributed by atoms with van der Waals surface area (Å²) in [5, 5.41) is 10.7. The van der Waals surface area contributed by atoms with Crippen molar-refractivity contribution in [2.45, 2.75) is 31.1 Å². The molecule has 0 heterocycles. The Morgan fingerprint density at radius 2 is 1.83 bits per heavy atom. The molecule has 0 aromatic heterocycles. The number of sulfonamides is 1. The Labute approximate surface area is 139 Å². The minimum atomic E-state index is -3.91. The van der Waals surface area contributed by atoms with E-state index in [9.17, 15) is 22.9 Å². The third-order valence-corrected chi connectivity index (χ3v) is 5.16. The molecule has 0 spiro atoms. The summed E-state index contributed by atoms with van der Waals surface area (Å²) in [7, 11) is -3.91. The number of anilines is 1. The van der Waals surface area contributed by atoms with Crippen molar-refractivity contribution in [3.8, 4) is 0 Å². The number of hydrogen-bond acceptors (Lipinski definition) is 4. The molecule has 2 aromatic carbocycles. The van der Waals surface area contributed by atoms with Crippen LogP contribution in [-0.4, -0.2) is 13.3 Å². The van der Waals surface area contributed by atoms with Crippen molar-refractivity contribution in [1.29, 1.82) is 0 Å². The maximum Gasteiger partial charge on any atom is 0.306 e. The first kappa shape index (κ1) is 17.9. The molecule has 0 aliphatic carbocycles. The predicted octanol–water partition coefficient (Wildman–Crippen LogP) is 4.05. The lowest BCUT2D eigenvalue weighted by Gasteiger charge is -2.11. The van der Waals surface area contributed by atoms with Gasteiger partial charge in [0.15, 0.2) is 0 Å². The second-order valence-corrected chi connectivity index (χ2v) is 7.09. The van der Waals surface area contributed by atoms with Crippen LogP contribution in [0.2, 0.25) is 0 Å². The third kappa shape index (κ3) is 3.88.